The molecule has 0 spiro atoms. The normalized spacial score (nSPS) is 31.6. The lowest BCUT2D eigenvalue weighted by molar-refractivity contribution is -0.148. The van der Waals surface area contributed by atoms with Gasteiger partial charge in [-0.25, -0.2) is 0 Å². The van der Waals surface area contributed by atoms with Gasteiger partial charge in [0.1, 0.15) is 6.10 Å². The van der Waals surface area contributed by atoms with Crippen LogP contribution in [0.3, 0.4) is 0 Å². The number of carbonyl (C=O) groups excluding carboxylic acids is 1. The van der Waals surface area contributed by atoms with Gasteiger partial charge >= 0.3 is 0 Å². The molecule has 0 aromatic carbocycles. The van der Waals surface area contributed by atoms with Gasteiger partial charge in [0.15, 0.2) is 0 Å². The van der Waals surface area contributed by atoms with Gasteiger partial charge in [-0.2, -0.15) is 11.3 Å². The van der Waals surface area contributed by atoms with E-state index < -0.39 is 0 Å². The van der Waals surface area contributed by atoms with Crippen LogP contribution in [0.4, 0.5) is 0 Å². The summed E-state index contributed by atoms with van der Waals surface area (Å²) >= 11 is 1.68. The standard InChI is InChI=1S/C14H20N2O2S/c1-10-7-16(14(17)11-2-4-15-6-11)8-13(18-10)12-3-5-19-9-12/h3,5,9-11,13,15H,2,4,6-8H2,1H3/t10-,11+,13+/m1/s1. The molecule has 3 rings (SSSR count). The molecule has 0 saturated carbocycles. The summed E-state index contributed by atoms with van der Waals surface area (Å²) in [6.07, 6.45) is 1.11. The number of nitrogens with one attached hydrogen (secondary N) is 1. The molecule has 0 radical (unpaired) electrons. The van der Waals surface area contributed by atoms with Gasteiger partial charge in [-0.3, -0.25) is 4.79 Å². The van der Waals surface area contributed by atoms with Crippen LogP contribution in [-0.4, -0.2) is 43.1 Å². The number of hydrogen-bond acceptors (Lipinski definition) is 4. The SMILES string of the molecule is C[C@@H]1CN(C(=O)[C@H]2CCNC2)C[C@@H](c2ccsc2)O1. The van der Waals surface area contributed by atoms with Crippen LogP contribution in [0.1, 0.15) is 25.0 Å². The Kier molecular flexibility index (Phi) is 3.86. The number of carbonyl (C=O) groups is 1. The summed E-state index contributed by atoms with van der Waals surface area (Å²) < 4.78 is 5.97. The van der Waals surface area contributed by atoms with Crippen LogP contribution in [0.15, 0.2) is 16.8 Å². The van der Waals surface area contributed by atoms with E-state index in [0.29, 0.717) is 12.5 Å². The first-order valence-electron chi connectivity index (χ1n) is 6.91. The maximum Gasteiger partial charge on any atom is 0.227 e. The summed E-state index contributed by atoms with van der Waals surface area (Å²) in [5.41, 5.74) is 1.19. The minimum Gasteiger partial charge on any atom is -0.367 e. The van der Waals surface area contributed by atoms with E-state index >= 15 is 0 Å². The number of thiophene rings is 1. The molecule has 0 aliphatic carbocycles. The third kappa shape index (κ3) is 2.83. The predicted octanol–water partition coefficient (Wildman–Crippen LogP) is 1.65. The molecular formula is C14H20N2O2S. The van der Waals surface area contributed by atoms with E-state index in [1.165, 1.54) is 5.56 Å². The molecule has 0 bridgehead atoms. The monoisotopic (exact) mass is 280 g/mol. The van der Waals surface area contributed by atoms with Gasteiger partial charge in [0.2, 0.25) is 5.91 Å². The molecule has 2 aliphatic heterocycles. The quantitative estimate of drug-likeness (QED) is 0.895. The smallest absolute Gasteiger partial charge is 0.227 e. The molecular weight excluding hydrogens is 260 g/mol. The Morgan fingerprint density at radius 2 is 2.42 bits per heavy atom. The van der Waals surface area contributed by atoms with Gasteiger partial charge in [-0.1, -0.05) is 0 Å². The minimum absolute atomic E-state index is 0.0355. The van der Waals surface area contributed by atoms with E-state index in [1.807, 2.05) is 11.8 Å². The highest BCUT2D eigenvalue weighted by Crippen LogP contribution is 2.28. The van der Waals surface area contributed by atoms with Gasteiger partial charge in [0.05, 0.1) is 18.6 Å². The van der Waals surface area contributed by atoms with Crippen LogP contribution < -0.4 is 5.32 Å². The third-order valence-corrected chi connectivity index (χ3v) is 4.60. The Hall–Kier alpha value is -0.910. The number of morpholine rings is 1. The molecule has 1 amide bonds. The Balaban J connectivity index is 1.69. The van der Waals surface area contributed by atoms with E-state index in [9.17, 15) is 4.79 Å². The number of hydrogen-bond donors (Lipinski definition) is 1. The molecule has 104 valence electrons. The average molecular weight is 280 g/mol. The second-order valence-electron chi connectivity index (χ2n) is 5.42. The first-order chi connectivity index (χ1) is 9.24. The van der Waals surface area contributed by atoms with Gasteiger partial charge in [0, 0.05) is 13.1 Å². The van der Waals surface area contributed by atoms with Crippen molar-refractivity contribution in [3.63, 3.8) is 0 Å². The van der Waals surface area contributed by atoms with E-state index in [-0.39, 0.29) is 18.1 Å². The molecule has 19 heavy (non-hydrogen) atoms. The fourth-order valence-electron chi connectivity index (χ4n) is 2.90. The molecule has 2 aliphatic rings. The zero-order valence-corrected chi connectivity index (χ0v) is 12.0. The van der Waals surface area contributed by atoms with Crippen LogP contribution in [0.25, 0.3) is 0 Å². The number of nitrogens with zero attached hydrogens (tertiary/aromatic N) is 1. The maximum absolute atomic E-state index is 12.5. The summed E-state index contributed by atoms with van der Waals surface area (Å²) in [7, 11) is 0. The predicted molar refractivity (Wildman–Crippen MR) is 75.2 cm³/mol. The van der Waals surface area contributed by atoms with Gasteiger partial charge in [0.25, 0.3) is 0 Å². The van der Waals surface area contributed by atoms with Crippen molar-refractivity contribution in [2.75, 3.05) is 26.2 Å². The zero-order chi connectivity index (χ0) is 13.2. The lowest BCUT2D eigenvalue weighted by Crippen LogP contribution is -2.48. The lowest BCUT2D eigenvalue weighted by atomic mass is 10.0. The van der Waals surface area contributed by atoms with Crippen LogP contribution >= 0.6 is 11.3 Å². The van der Waals surface area contributed by atoms with Crippen LogP contribution in [0.5, 0.6) is 0 Å². The van der Waals surface area contributed by atoms with Crippen LogP contribution in [0, 0.1) is 5.92 Å². The molecule has 2 fully saturated rings. The largest absolute Gasteiger partial charge is 0.367 e. The average Bonchev–Trinajstić information content (AvgIpc) is 3.10. The Bertz CT molecular complexity index is 429. The van der Waals surface area contributed by atoms with E-state index in [4.69, 9.17) is 4.74 Å². The molecule has 5 heteroatoms. The first-order valence-corrected chi connectivity index (χ1v) is 7.85. The molecule has 1 aromatic rings. The fourth-order valence-corrected chi connectivity index (χ4v) is 3.60. The molecule has 1 aromatic heterocycles. The molecule has 3 atom stereocenters. The summed E-state index contributed by atoms with van der Waals surface area (Å²) in [4.78, 5) is 14.5. The molecule has 0 unspecified atom stereocenters. The summed E-state index contributed by atoms with van der Waals surface area (Å²) in [6, 6.07) is 2.09. The second-order valence-corrected chi connectivity index (χ2v) is 6.21. The summed E-state index contributed by atoms with van der Waals surface area (Å²) in [6.45, 7) is 5.25. The van der Waals surface area contributed by atoms with E-state index in [2.05, 4.69) is 22.1 Å². The maximum atomic E-state index is 12.5. The Morgan fingerprint density at radius 3 is 3.11 bits per heavy atom. The first kappa shape index (κ1) is 13.1. The van der Waals surface area contributed by atoms with Crippen molar-refractivity contribution < 1.29 is 9.53 Å². The van der Waals surface area contributed by atoms with E-state index in [0.717, 1.165) is 26.1 Å². The topological polar surface area (TPSA) is 41.6 Å². The summed E-state index contributed by atoms with van der Waals surface area (Å²) in [5, 5.41) is 7.44. The zero-order valence-electron chi connectivity index (χ0n) is 11.2. The molecule has 3 heterocycles. The van der Waals surface area contributed by atoms with Crippen LogP contribution in [-0.2, 0) is 9.53 Å². The van der Waals surface area contributed by atoms with Crippen molar-refractivity contribution >= 4 is 17.2 Å². The second kappa shape index (κ2) is 5.61. The number of amides is 1. The van der Waals surface area contributed by atoms with Gasteiger partial charge < -0.3 is 15.0 Å². The van der Waals surface area contributed by atoms with Crippen molar-refractivity contribution in [1.29, 1.82) is 0 Å². The van der Waals surface area contributed by atoms with Crippen molar-refractivity contribution in [2.24, 2.45) is 5.92 Å². The van der Waals surface area contributed by atoms with E-state index in [1.54, 1.807) is 11.3 Å². The third-order valence-electron chi connectivity index (χ3n) is 3.90. The number of ether oxygens (including phenoxy) is 1. The summed E-state index contributed by atoms with van der Waals surface area (Å²) in [5.74, 6) is 0.453. The number of rotatable bonds is 2. The minimum atomic E-state index is 0.0355. The van der Waals surface area contributed by atoms with Crippen molar-refractivity contribution in [3.8, 4) is 0 Å². The Morgan fingerprint density at radius 1 is 1.53 bits per heavy atom. The van der Waals surface area contributed by atoms with Crippen LogP contribution in [0.2, 0.25) is 0 Å². The molecule has 4 nitrogen and oxygen atoms in total. The molecule has 2 saturated heterocycles. The highest BCUT2D eigenvalue weighted by Gasteiger charge is 2.33. The fraction of sp³-hybridized carbons (Fsp3) is 0.643. The Labute approximate surface area is 117 Å². The van der Waals surface area contributed by atoms with Gasteiger partial charge in [-0.15, -0.1) is 0 Å². The van der Waals surface area contributed by atoms with Gasteiger partial charge in [-0.05, 0) is 42.3 Å². The lowest BCUT2D eigenvalue weighted by Gasteiger charge is -2.37. The highest BCUT2D eigenvalue weighted by atomic mass is 32.1. The molecule has 1 N–H and O–H groups in total. The van der Waals surface area contributed by atoms with Crippen molar-refractivity contribution in [3.05, 3.63) is 22.4 Å². The van der Waals surface area contributed by atoms with Crippen molar-refractivity contribution in [2.45, 2.75) is 25.6 Å². The van der Waals surface area contributed by atoms with Crippen molar-refractivity contribution in [1.82, 2.24) is 10.2 Å². The highest BCUT2D eigenvalue weighted by molar-refractivity contribution is 7.07.